The fourth-order valence-electron chi connectivity index (χ4n) is 2.52. The highest BCUT2D eigenvalue weighted by atomic mass is 16.6. The lowest BCUT2D eigenvalue weighted by molar-refractivity contribution is 0.00329. The number of ether oxygens (including phenoxy) is 2. The molecule has 1 atom stereocenters. The van der Waals surface area contributed by atoms with Crippen molar-refractivity contribution in [1.82, 2.24) is 9.80 Å². The molecule has 1 saturated heterocycles. The Kier molecular flexibility index (Phi) is 5.70. The monoisotopic (exact) mass is 334 g/mol. The Morgan fingerprint density at radius 1 is 1.12 bits per heavy atom. The van der Waals surface area contributed by atoms with Gasteiger partial charge in [-0.05, 0) is 33.3 Å². The summed E-state index contributed by atoms with van der Waals surface area (Å²) in [6.45, 7) is 8.99. The van der Waals surface area contributed by atoms with Gasteiger partial charge in [-0.2, -0.15) is 0 Å². The van der Waals surface area contributed by atoms with Gasteiger partial charge in [-0.1, -0.05) is 30.3 Å². The van der Waals surface area contributed by atoms with Crippen LogP contribution in [0.4, 0.5) is 9.59 Å². The smallest absolute Gasteiger partial charge is 0.410 e. The van der Waals surface area contributed by atoms with Gasteiger partial charge in [0, 0.05) is 19.6 Å². The zero-order valence-electron chi connectivity index (χ0n) is 14.8. The zero-order valence-corrected chi connectivity index (χ0v) is 14.8. The molecular weight excluding hydrogens is 308 g/mol. The Hall–Kier alpha value is -2.24. The normalized spacial score (nSPS) is 18.2. The molecule has 1 fully saturated rings. The van der Waals surface area contributed by atoms with Crippen molar-refractivity contribution in [1.29, 1.82) is 0 Å². The van der Waals surface area contributed by atoms with Gasteiger partial charge in [0.1, 0.15) is 12.2 Å². The number of carbonyl (C=O) groups is 2. The number of benzene rings is 1. The van der Waals surface area contributed by atoms with Crippen molar-refractivity contribution in [2.75, 3.05) is 19.6 Å². The fraction of sp³-hybridized carbons (Fsp3) is 0.556. The topological polar surface area (TPSA) is 59.1 Å². The van der Waals surface area contributed by atoms with Gasteiger partial charge in [0.2, 0.25) is 0 Å². The van der Waals surface area contributed by atoms with Crippen molar-refractivity contribution in [2.24, 2.45) is 0 Å². The van der Waals surface area contributed by atoms with Crippen LogP contribution in [0.2, 0.25) is 0 Å². The van der Waals surface area contributed by atoms with Crippen molar-refractivity contribution in [3.05, 3.63) is 35.9 Å². The van der Waals surface area contributed by atoms with Crippen LogP contribution in [-0.2, 0) is 16.1 Å². The first-order chi connectivity index (χ1) is 11.3. The van der Waals surface area contributed by atoms with Crippen molar-refractivity contribution in [3.63, 3.8) is 0 Å². The molecule has 0 spiro atoms. The predicted molar refractivity (Wildman–Crippen MR) is 90.6 cm³/mol. The molecule has 24 heavy (non-hydrogen) atoms. The predicted octanol–water partition coefficient (Wildman–Crippen LogP) is 3.26. The first-order valence-corrected chi connectivity index (χ1v) is 8.21. The van der Waals surface area contributed by atoms with Crippen molar-refractivity contribution in [3.8, 4) is 0 Å². The van der Waals surface area contributed by atoms with Gasteiger partial charge in [0.05, 0.1) is 6.04 Å². The van der Waals surface area contributed by atoms with E-state index in [0.717, 1.165) is 5.56 Å². The van der Waals surface area contributed by atoms with Crippen molar-refractivity contribution >= 4 is 12.2 Å². The summed E-state index contributed by atoms with van der Waals surface area (Å²) in [6.07, 6.45) is -0.693. The number of amides is 2. The van der Waals surface area contributed by atoms with Crippen LogP contribution < -0.4 is 0 Å². The number of piperazine rings is 1. The Balaban J connectivity index is 1.84. The SMILES string of the molecule is C[C@@H]1CN(C(=O)OC(C)(C)C)CCN1C(=O)OCc1ccccc1. The van der Waals surface area contributed by atoms with Gasteiger partial charge in [-0.25, -0.2) is 9.59 Å². The number of nitrogens with zero attached hydrogens (tertiary/aromatic N) is 2. The van der Waals surface area contributed by atoms with E-state index >= 15 is 0 Å². The summed E-state index contributed by atoms with van der Waals surface area (Å²) in [5, 5.41) is 0. The molecule has 0 saturated carbocycles. The summed E-state index contributed by atoms with van der Waals surface area (Å²) in [5.41, 5.74) is 0.428. The zero-order chi connectivity index (χ0) is 17.7. The van der Waals surface area contributed by atoms with E-state index in [4.69, 9.17) is 9.47 Å². The quantitative estimate of drug-likeness (QED) is 0.833. The standard InChI is InChI=1S/C18H26N2O4/c1-14-12-19(16(21)24-18(2,3)4)10-11-20(14)17(22)23-13-15-8-6-5-7-9-15/h5-9,14H,10-13H2,1-4H3/t14-/m1/s1. The highest BCUT2D eigenvalue weighted by Crippen LogP contribution is 2.16. The second kappa shape index (κ2) is 7.55. The van der Waals surface area contributed by atoms with Gasteiger partial charge < -0.3 is 19.3 Å². The Bertz CT molecular complexity index is 568. The molecule has 1 aliphatic heterocycles. The molecule has 2 amide bonds. The van der Waals surface area contributed by atoms with Gasteiger partial charge in [-0.15, -0.1) is 0 Å². The largest absolute Gasteiger partial charge is 0.445 e. The summed E-state index contributed by atoms with van der Waals surface area (Å²) < 4.78 is 10.7. The summed E-state index contributed by atoms with van der Waals surface area (Å²) in [7, 11) is 0. The van der Waals surface area contributed by atoms with Gasteiger partial charge >= 0.3 is 12.2 Å². The van der Waals surface area contributed by atoms with E-state index in [1.165, 1.54) is 0 Å². The van der Waals surface area contributed by atoms with E-state index in [0.29, 0.717) is 19.6 Å². The maximum absolute atomic E-state index is 12.3. The molecule has 1 aromatic rings. The minimum absolute atomic E-state index is 0.116. The van der Waals surface area contributed by atoms with Crippen LogP contribution in [0, 0.1) is 0 Å². The maximum atomic E-state index is 12.3. The molecule has 1 aromatic carbocycles. The fourth-order valence-corrected chi connectivity index (χ4v) is 2.52. The van der Waals surface area contributed by atoms with E-state index in [2.05, 4.69) is 0 Å². The van der Waals surface area contributed by atoms with Crippen LogP contribution in [0.5, 0.6) is 0 Å². The lowest BCUT2D eigenvalue weighted by atomic mass is 10.2. The van der Waals surface area contributed by atoms with Crippen LogP contribution in [0.1, 0.15) is 33.3 Å². The Morgan fingerprint density at radius 3 is 2.38 bits per heavy atom. The minimum atomic E-state index is -0.522. The van der Waals surface area contributed by atoms with Crippen LogP contribution in [0.25, 0.3) is 0 Å². The second-order valence-corrected chi connectivity index (χ2v) is 7.01. The van der Waals surface area contributed by atoms with Crippen LogP contribution >= 0.6 is 0 Å². The van der Waals surface area contributed by atoms with Gasteiger partial charge in [0.25, 0.3) is 0 Å². The first-order valence-electron chi connectivity index (χ1n) is 8.21. The molecule has 0 N–H and O–H groups in total. The van der Waals surface area contributed by atoms with Crippen LogP contribution in [-0.4, -0.2) is 53.3 Å². The van der Waals surface area contributed by atoms with E-state index in [-0.39, 0.29) is 24.8 Å². The number of carbonyl (C=O) groups excluding carboxylic acids is 2. The lowest BCUT2D eigenvalue weighted by Gasteiger charge is -2.39. The molecule has 1 heterocycles. The third-order valence-corrected chi connectivity index (χ3v) is 3.72. The minimum Gasteiger partial charge on any atom is -0.445 e. The summed E-state index contributed by atoms with van der Waals surface area (Å²) >= 11 is 0. The van der Waals surface area contributed by atoms with Crippen molar-refractivity contribution < 1.29 is 19.1 Å². The average molecular weight is 334 g/mol. The highest BCUT2D eigenvalue weighted by molar-refractivity contribution is 5.71. The molecule has 132 valence electrons. The third-order valence-electron chi connectivity index (χ3n) is 3.72. The average Bonchev–Trinajstić information content (AvgIpc) is 2.52. The summed E-state index contributed by atoms with van der Waals surface area (Å²) in [4.78, 5) is 27.7. The Labute approximate surface area is 143 Å². The molecule has 0 bridgehead atoms. The van der Waals surface area contributed by atoms with Gasteiger partial charge in [-0.3, -0.25) is 0 Å². The highest BCUT2D eigenvalue weighted by Gasteiger charge is 2.32. The van der Waals surface area contributed by atoms with E-state index in [1.807, 2.05) is 58.0 Å². The molecule has 0 aromatic heterocycles. The van der Waals surface area contributed by atoms with Crippen LogP contribution in [0.15, 0.2) is 30.3 Å². The first kappa shape index (κ1) is 18.1. The number of hydrogen-bond acceptors (Lipinski definition) is 4. The van der Waals surface area contributed by atoms with Crippen molar-refractivity contribution in [2.45, 2.75) is 45.9 Å². The summed E-state index contributed by atoms with van der Waals surface area (Å²) in [5.74, 6) is 0. The molecular formula is C18H26N2O4. The third kappa shape index (κ3) is 5.15. The molecule has 0 unspecified atom stereocenters. The van der Waals surface area contributed by atoms with Crippen LogP contribution in [0.3, 0.4) is 0 Å². The second-order valence-electron chi connectivity index (χ2n) is 7.01. The molecule has 1 aliphatic rings. The lowest BCUT2D eigenvalue weighted by Crippen LogP contribution is -2.56. The molecule has 0 radical (unpaired) electrons. The molecule has 0 aliphatic carbocycles. The molecule has 2 rings (SSSR count). The Morgan fingerprint density at radius 2 is 1.79 bits per heavy atom. The number of hydrogen-bond donors (Lipinski definition) is 0. The summed E-state index contributed by atoms with van der Waals surface area (Å²) in [6, 6.07) is 9.45. The maximum Gasteiger partial charge on any atom is 0.410 e. The van der Waals surface area contributed by atoms with E-state index < -0.39 is 5.60 Å². The van der Waals surface area contributed by atoms with E-state index in [9.17, 15) is 9.59 Å². The van der Waals surface area contributed by atoms with Gasteiger partial charge in [0.15, 0.2) is 0 Å². The molecule has 6 heteroatoms. The van der Waals surface area contributed by atoms with E-state index in [1.54, 1.807) is 9.80 Å². The number of rotatable bonds is 2. The molecule has 6 nitrogen and oxygen atoms in total.